The zero-order chi connectivity index (χ0) is 15.6. The first-order valence-corrected chi connectivity index (χ1v) is 8.31. The molecule has 0 unspecified atom stereocenters. The van der Waals surface area contributed by atoms with Gasteiger partial charge in [0.15, 0.2) is 0 Å². The molecule has 0 N–H and O–H groups in total. The molecule has 0 atom stereocenters. The van der Waals surface area contributed by atoms with E-state index in [9.17, 15) is 5.26 Å². The summed E-state index contributed by atoms with van der Waals surface area (Å²) >= 11 is 1.67. The van der Waals surface area contributed by atoms with Crippen LogP contribution < -0.4 is 0 Å². The van der Waals surface area contributed by atoms with Crippen LogP contribution in [0.25, 0.3) is 32.3 Å². The van der Waals surface area contributed by atoms with E-state index in [0.29, 0.717) is 0 Å². The first-order chi connectivity index (χ1) is 11.4. The van der Waals surface area contributed by atoms with Gasteiger partial charge in [0.05, 0.1) is 5.56 Å². The van der Waals surface area contributed by atoms with Crippen molar-refractivity contribution in [3.63, 3.8) is 0 Å². The van der Waals surface area contributed by atoms with E-state index in [-0.39, 0.29) is 0 Å². The zero-order valence-electron chi connectivity index (χ0n) is 12.4. The van der Waals surface area contributed by atoms with E-state index in [1.54, 1.807) is 11.3 Å². The summed E-state index contributed by atoms with van der Waals surface area (Å²) in [5.41, 5.74) is 3.87. The van der Waals surface area contributed by atoms with Crippen molar-refractivity contribution in [1.82, 2.24) is 0 Å². The molecule has 23 heavy (non-hydrogen) atoms. The first-order valence-electron chi connectivity index (χ1n) is 7.43. The molecule has 0 saturated heterocycles. The Morgan fingerprint density at radius 1 is 0.826 bits per heavy atom. The van der Waals surface area contributed by atoms with Gasteiger partial charge in [-0.05, 0) is 33.8 Å². The number of rotatable bonds is 2. The van der Waals surface area contributed by atoms with Gasteiger partial charge in [0.2, 0.25) is 0 Å². The summed E-state index contributed by atoms with van der Waals surface area (Å²) in [5, 5.41) is 14.2. The fraction of sp³-hybridized carbons (Fsp3) is 0. The molecule has 0 aliphatic carbocycles. The van der Waals surface area contributed by atoms with Gasteiger partial charge in [-0.25, -0.2) is 0 Å². The summed E-state index contributed by atoms with van der Waals surface area (Å²) in [7, 11) is 0. The molecule has 0 aliphatic heterocycles. The lowest BCUT2D eigenvalue weighted by molar-refractivity contribution is 1.49. The lowest BCUT2D eigenvalue weighted by atomic mass is 9.90. The van der Waals surface area contributed by atoms with E-state index in [2.05, 4.69) is 42.5 Å². The molecule has 0 radical (unpaired) electrons. The van der Waals surface area contributed by atoms with Crippen molar-refractivity contribution in [3.05, 3.63) is 83.7 Å². The van der Waals surface area contributed by atoms with E-state index in [4.69, 9.17) is 0 Å². The van der Waals surface area contributed by atoms with Crippen molar-refractivity contribution < 1.29 is 0 Å². The normalized spacial score (nSPS) is 10.6. The Balaban J connectivity index is 2.16. The summed E-state index contributed by atoms with van der Waals surface area (Å²) < 4.78 is 0. The lowest BCUT2D eigenvalue weighted by Gasteiger charge is -2.13. The summed E-state index contributed by atoms with van der Waals surface area (Å²) in [6.07, 6.45) is 0. The monoisotopic (exact) mass is 311 g/mol. The van der Waals surface area contributed by atoms with Gasteiger partial charge >= 0.3 is 0 Å². The second-order valence-corrected chi connectivity index (χ2v) is 6.30. The Morgan fingerprint density at radius 2 is 1.61 bits per heavy atom. The van der Waals surface area contributed by atoms with Crippen molar-refractivity contribution >= 4 is 22.1 Å². The van der Waals surface area contributed by atoms with Crippen LogP contribution >= 0.6 is 11.3 Å². The Labute approximate surface area is 139 Å². The molecular weight excluding hydrogens is 298 g/mol. The molecule has 0 spiro atoms. The topological polar surface area (TPSA) is 23.8 Å². The summed E-state index contributed by atoms with van der Waals surface area (Å²) in [6, 6.07) is 27.1. The molecule has 1 heterocycles. The third-order valence-corrected chi connectivity index (χ3v) is 4.91. The first kappa shape index (κ1) is 13.8. The van der Waals surface area contributed by atoms with Gasteiger partial charge < -0.3 is 0 Å². The maximum atomic E-state index is 9.87. The highest BCUT2D eigenvalue weighted by Gasteiger charge is 2.16. The highest BCUT2D eigenvalue weighted by molar-refractivity contribution is 7.13. The maximum Gasteiger partial charge on any atom is 0.100 e. The van der Waals surface area contributed by atoms with Crippen molar-refractivity contribution in [2.24, 2.45) is 0 Å². The molecule has 1 aromatic heterocycles. The van der Waals surface area contributed by atoms with Crippen LogP contribution in [0.3, 0.4) is 0 Å². The molecule has 0 bridgehead atoms. The molecule has 4 rings (SSSR count). The van der Waals surface area contributed by atoms with Gasteiger partial charge in [0, 0.05) is 16.0 Å². The van der Waals surface area contributed by atoms with Crippen LogP contribution in [0.15, 0.2) is 78.2 Å². The van der Waals surface area contributed by atoms with Gasteiger partial charge in [-0.3, -0.25) is 0 Å². The Kier molecular flexibility index (Phi) is 3.42. The molecular formula is C21H13NS. The highest BCUT2D eigenvalue weighted by Crippen LogP contribution is 2.39. The third kappa shape index (κ3) is 2.32. The quantitative estimate of drug-likeness (QED) is 0.438. The van der Waals surface area contributed by atoms with Gasteiger partial charge in [0.25, 0.3) is 0 Å². The second kappa shape index (κ2) is 5.72. The SMILES string of the molecule is N#Cc1c(-c2cccs2)cc2ccccc2c1-c1ccccc1. The van der Waals surface area contributed by atoms with Crippen LogP contribution in [0, 0.1) is 11.3 Å². The van der Waals surface area contributed by atoms with Crippen molar-refractivity contribution in [2.75, 3.05) is 0 Å². The minimum Gasteiger partial charge on any atom is -0.192 e. The molecule has 0 fully saturated rings. The lowest BCUT2D eigenvalue weighted by Crippen LogP contribution is -1.91. The average Bonchev–Trinajstić information content (AvgIpc) is 3.15. The third-order valence-electron chi connectivity index (χ3n) is 4.01. The fourth-order valence-electron chi connectivity index (χ4n) is 2.99. The molecule has 108 valence electrons. The summed E-state index contributed by atoms with van der Waals surface area (Å²) in [5.74, 6) is 0. The molecule has 4 aromatic rings. The number of fused-ring (bicyclic) bond motifs is 1. The van der Waals surface area contributed by atoms with Crippen LogP contribution in [0.1, 0.15) is 5.56 Å². The van der Waals surface area contributed by atoms with Crippen LogP contribution in [0.2, 0.25) is 0 Å². The van der Waals surface area contributed by atoms with Gasteiger partial charge in [0.1, 0.15) is 6.07 Å². The zero-order valence-corrected chi connectivity index (χ0v) is 13.2. The Hall–Kier alpha value is -2.89. The number of benzene rings is 3. The van der Waals surface area contributed by atoms with Crippen molar-refractivity contribution in [2.45, 2.75) is 0 Å². The predicted octanol–water partition coefficient (Wildman–Crippen LogP) is 6.11. The van der Waals surface area contributed by atoms with E-state index in [1.165, 1.54) is 0 Å². The van der Waals surface area contributed by atoms with Crippen LogP contribution in [-0.4, -0.2) is 0 Å². The van der Waals surface area contributed by atoms with Gasteiger partial charge in [-0.1, -0.05) is 60.7 Å². The molecule has 1 nitrogen and oxygen atoms in total. The standard InChI is InChI=1S/C21H13NS/c22-14-19-18(20-11-6-12-23-20)13-16-9-4-5-10-17(16)21(19)15-7-2-1-3-8-15/h1-13H. The van der Waals surface area contributed by atoms with E-state index >= 15 is 0 Å². The number of hydrogen-bond donors (Lipinski definition) is 0. The highest BCUT2D eigenvalue weighted by atomic mass is 32.1. The minimum absolute atomic E-state index is 0.748. The minimum atomic E-state index is 0.748. The molecule has 0 saturated carbocycles. The summed E-state index contributed by atoms with van der Waals surface area (Å²) in [4.78, 5) is 1.13. The fourth-order valence-corrected chi connectivity index (χ4v) is 3.74. The van der Waals surface area contributed by atoms with Gasteiger partial charge in [-0.2, -0.15) is 5.26 Å². The van der Waals surface area contributed by atoms with Crippen LogP contribution in [0.4, 0.5) is 0 Å². The summed E-state index contributed by atoms with van der Waals surface area (Å²) in [6.45, 7) is 0. The molecule has 0 amide bonds. The number of nitriles is 1. The second-order valence-electron chi connectivity index (χ2n) is 5.35. The van der Waals surface area contributed by atoms with Crippen LogP contribution in [0.5, 0.6) is 0 Å². The van der Waals surface area contributed by atoms with E-state index in [0.717, 1.165) is 37.9 Å². The van der Waals surface area contributed by atoms with E-state index in [1.807, 2.05) is 41.8 Å². The number of hydrogen-bond acceptors (Lipinski definition) is 2. The largest absolute Gasteiger partial charge is 0.192 e. The Bertz CT molecular complexity index is 1010. The molecule has 2 heteroatoms. The van der Waals surface area contributed by atoms with Gasteiger partial charge in [-0.15, -0.1) is 11.3 Å². The molecule has 3 aromatic carbocycles. The van der Waals surface area contributed by atoms with Crippen molar-refractivity contribution in [1.29, 1.82) is 5.26 Å². The smallest absolute Gasteiger partial charge is 0.100 e. The average molecular weight is 311 g/mol. The predicted molar refractivity (Wildman–Crippen MR) is 97.4 cm³/mol. The van der Waals surface area contributed by atoms with Crippen LogP contribution in [-0.2, 0) is 0 Å². The maximum absolute atomic E-state index is 9.87. The number of nitrogens with zero attached hydrogens (tertiary/aromatic N) is 1. The molecule has 0 aliphatic rings. The Morgan fingerprint density at radius 3 is 2.35 bits per heavy atom. The van der Waals surface area contributed by atoms with E-state index < -0.39 is 0 Å². The number of thiophene rings is 1. The van der Waals surface area contributed by atoms with Crippen molar-refractivity contribution in [3.8, 4) is 27.6 Å².